The lowest BCUT2D eigenvalue weighted by Gasteiger charge is -2.21. The van der Waals surface area contributed by atoms with E-state index in [-0.39, 0.29) is 31.2 Å². The van der Waals surface area contributed by atoms with Crippen molar-refractivity contribution in [1.82, 2.24) is 9.88 Å². The highest BCUT2D eigenvalue weighted by molar-refractivity contribution is 7.15. The molecule has 1 aromatic heterocycles. The van der Waals surface area contributed by atoms with E-state index in [0.29, 0.717) is 5.13 Å². The quantitative estimate of drug-likeness (QED) is 0.831. The molecule has 1 heterocycles. The minimum Gasteiger partial charge on any atom is -0.383 e. The van der Waals surface area contributed by atoms with Crippen LogP contribution in [0, 0.1) is 12.7 Å². The van der Waals surface area contributed by atoms with Gasteiger partial charge in [-0.05, 0) is 25.1 Å². The van der Waals surface area contributed by atoms with Crippen molar-refractivity contribution in [2.24, 2.45) is 0 Å². The molecule has 0 saturated heterocycles. The number of aromatic nitrogens is 1. The van der Waals surface area contributed by atoms with E-state index < -0.39 is 11.7 Å². The third-order valence-electron chi connectivity index (χ3n) is 3.13. The van der Waals surface area contributed by atoms with Gasteiger partial charge in [0.05, 0.1) is 6.61 Å². The summed E-state index contributed by atoms with van der Waals surface area (Å²) in [7, 11) is 1.50. The van der Waals surface area contributed by atoms with Crippen molar-refractivity contribution in [1.29, 1.82) is 0 Å². The normalized spacial score (nSPS) is 10.5. The Morgan fingerprint density at radius 1 is 1.42 bits per heavy atom. The Hall–Kier alpha value is -2.32. The SMILES string of the molecule is COCCN(CC(=O)Nc1ncc(C)s1)C(=O)c1cccc(F)c1. The number of hydrogen-bond acceptors (Lipinski definition) is 5. The molecule has 0 fully saturated rings. The summed E-state index contributed by atoms with van der Waals surface area (Å²) in [6.45, 7) is 2.20. The molecule has 2 rings (SSSR count). The summed E-state index contributed by atoms with van der Waals surface area (Å²) >= 11 is 1.35. The topological polar surface area (TPSA) is 71.5 Å². The predicted molar refractivity (Wildman–Crippen MR) is 89.7 cm³/mol. The van der Waals surface area contributed by atoms with Crippen LogP contribution in [0.1, 0.15) is 15.2 Å². The maximum absolute atomic E-state index is 13.3. The van der Waals surface area contributed by atoms with Gasteiger partial charge in [-0.2, -0.15) is 0 Å². The van der Waals surface area contributed by atoms with Gasteiger partial charge in [0.1, 0.15) is 12.4 Å². The lowest BCUT2D eigenvalue weighted by atomic mass is 10.2. The van der Waals surface area contributed by atoms with Gasteiger partial charge < -0.3 is 15.0 Å². The van der Waals surface area contributed by atoms with Gasteiger partial charge in [-0.1, -0.05) is 6.07 Å². The van der Waals surface area contributed by atoms with Gasteiger partial charge in [-0.25, -0.2) is 9.37 Å². The molecule has 0 unspecified atom stereocenters. The average Bonchev–Trinajstić information content (AvgIpc) is 2.95. The lowest BCUT2D eigenvalue weighted by Crippen LogP contribution is -2.40. The molecule has 128 valence electrons. The van der Waals surface area contributed by atoms with E-state index in [1.807, 2.05) is 6.92 Å². The highest BCUT2D eigenvalue weighted by atomic mass is 32.1. The summed E-state index contributed by atoms with van der Waals surface area (Å²) in [6.07, 6.45) is 1.65. The highest BCUT2D eigenvalue weighted by Gasteiger charge is 2.19. The number of benzene rings is 1. The summed E-state index contributed by atoms with van der Waals surface area (Å²) in [5.74, 6) is -1.31. The number of hydrogen-bond donors (Lipinski definition) is 1. The first-order valence-corrected chi connectivity index (χ1v) is 8.07. The number of aryl methyl sites for hydroxylation is 1. The van der Waals surface area contributed by atoms with Crippen LogP contribution in [0.5, 0.6) is 0 Å². The summed E-state index contributed by atoms with van der Waals surface area (Å²) in [5.41, 5.74) is 0.184. The van der Waals surface area contributed by atoms with E-state index in [2.05, 4.69) is 10.3 Å². The molecule has 24 heavy (non-hydrogen) atoms. The van der Waals surface area contributed by atoms with Crippen LogP contribution >= 0.6 is 11.3 Å². The van der Waals surface area contributed by atoms with Crippen molar-refractivity contribution in [3.63, 3.8) is 0 Å². The van der Waals surface area contributed by atoms with Crippen molar-refractivity contribution < 1.29 is 18.7 Å². The van der Waals surface area contributed by atoms with E-state index in [1.54, 1.807) is 6.20 Å². The third kappa shape index (κ3) is 5.10. The molecule has 6 nitrogen and oxygen atoms in total. The second-order valence-electron chi connectivity index (χ2n) is 5.05. The number of halogens is 1. The van der Waals surface area contributed by atoms with Gasteiger partial charge >= 0.3 is 0 Å². The molecule has 0 saturated carbocycles. The number of carbonyl (C=O) groups is 2. The number of thiazole rings is 1. The summed E-state index contributed by atoms with van der Waals surface area (Å²) < 4.78 is 18.3. The Bertz CT molecular complexity index is 720. The molecule has 2 amide bonds. The number of nitrogens with one attached hydrogen (secondary N) is 1. The largest absolute Gasteiger partial charge is 0.383 e. The van der Waals surface area contributed by atoms with E-state index in [1.165, 1.54) is 41.5 Å². The minimum atomic E-state index is -0.504. The number of nitrogens with zero attached hydrogens (tertiary/aromatic N) is 2. The van der Waals surface area contributed by atoms with Gasteiger partial charge in [0.2, 0.25) is 5.91 Å². The Morgan fingerprint density at radius 3 is 2.83 bits per heavy atom. The maximum atomic E-state index is 13.3. The zero-order valence-electron chi connectivity index (χ0n) is 13.4. The van der Waals surface area contributed by atoms with Crippen LogP contribution in [-0.2, 0) is 9.53 Å². The van der Waals surface area contributed by atoms with Crippen molar-refractivity contribution in [3.05, 3.63) is 46.7 Å². The van der Waals surface area contributed by atoms with Gasteiger partial charge in [-0.15, -0.1) is 11.3 Å². The zero-order chi connectivity index (χ0) is 17.5. The molecule has 0 aliphatic carbocycles. The van der Waals surface area contributed by atoms with Gasteiger partial charge in [-0.3, -0.25) is 9.59 Å². The highest BCUT2D eigenvalue weighted by Crippen LogP contribution is 2.16. The first kappa shape index (κ1) is 18.0. The summed E-state index contributed by atoms with van der Waals surface area (Å²) in [6, 6.07) is 5.36. The molecule has 0 atom stereocenters. The number of rotatable bonds is 7. The standard InChI is InChI=1S/C16H18FN3O3S/c1-11-9-18-16(24-11)19-14(21)10-20(6-7-23-2)15(22)12-4-3-5-13(17)8-12/h3-5,8-9H,6-7,10H2,1-2H3,(H,18,19,21). The first-order valence-electron chi connectivity index (χ1n) is 7.25. The molecule has 8 heteroatoms. The third-order valence-corrected chi connectivity index (χ3v) is 3.95. The molecule has 0 spiro atoms. The molecule has 1 aromatic carbocycles. The lowest BCUT2D eigenvalue weighted by molar-refractivity contribution is -0.117. The number of anilines is 1. The van der Waals surface area contributed by atoms with Crippen molar-refractivity contribution in [2.75, 3.05) is 32.1 Å². The maximum Gasteiger partial charge on any atom is 0.254 e. The fourth-order valence-corrected chi connectivity index (χ4v) is 2.68. The van der Waals surface area contributed by atoms with Crippen LogP contribution in [0.15, 0.2) is 30.5 Å². The monoisotopic (exact) mass is 351 g/mol. The fourth-order valence-electron chi connectivity index (χ4n) is 2.00. The molecule has 0 aliphatic rings. The number of carbonyl (C=O) groups excluding carboxylic acids is 2. The van der Waals surface area contributed by atoms with Crippen molar-refractivity contribution >= 4 is 28.3 Å². The van der Waals surface area contributed by atoms with Crippen LogP contribution in [0.25, 0.3) is 0 Å². The Morgan fingerprint density at radius 2 is 2.21 bits per heavy atom. The molecular weight excluding hydrogens is 333 g/mol. The van der Waals surface area contributed by atoms with Gasteiger partial charge in [0.15, 0.2) is 5.13 Å². The predicted octanol–water partition coefficient (Wildman–Crippen LogP) is 2.32. The number of amides is 2. The van der Waals surface area contributed by atoms with E-state index in [0.717, 1.165) is 10.9 Å². The molecular formula is C16H18FN3O3S. The Balaban J connectivity index is 2.06. The Labute approximate surface area is 143 Å². The fraction of sp³-hybridized carbons (Fsp3) is 0.312. The van der Waals surface area contributed by atoms with Crippen LogP contribution in [0.2, 0.25) is 0 Å². The molecule has 0 bridgehead atoms. The average molecular weight is 351 g/mol. The molecule has 0 radical (unpaired) electrons. The van der Waals surface area contributed by atoms with Crippen molar-refractivity contribution in [2.45, 2.75) is 6.92 Å². The van der Waals surface area contributed by atoms with Gasteiger partial charge in [0.25, 0.3) is 5.91 Å². The zero-order valence-corrected chi connectivity index (χ0v) is 14.2. The second-order valence-corrected chi connectivity index (χ2v) is 6.29. The summed E-state index contributed by atoms with van der Waals surface area (Å²) in [4.78, 5) is 31.0. The van der Waals surface area contributed by atoms with E-state index >= 15 is 0 Å². The first-order chi connectivity index (χ1) is 11.5. The van der Waals surface area contributed by atoms with Crippen LogP contribution in [-0.4, -0.2) is 48.5 Å². The van der Waals surface area contributed by atoms with E-state index in [9.17, 15) is 14.0 Å². The van der Waals surface area contributed by atoms with Crippen molar-refractivity contribution in [3.8, 4) is 0 Å². The molecule has 0 aliphatic heterocycles. The molecule has 2 aromatic rings. The van der Waals surface area contributed by atoms with Crippen LogP contribution in [0.4, 0.5) is 9.52 Å². The second kappa shape index (κ2) is 8.51. The smallest absolute Gasteiger partial charge is 0.254 e. The van der Waals surface area contributed by atoms with Gasteiger partial charge in [0, 0.05) is 30.3 Å². The minimum absolute atomic E-state index is 0.169. The summed E-state index contributed by atoms with van der Waals surface area (Å²) in [5, 5.41) is 3.12. The van der Waals surface area contributed by atoms with Crippen LogP contribution < -0.4 is 5.32 Å². The van der Waals surface area contributed by atoms with Crippen LogP contribution in [0.3, 0.4) is 0 Å². The number of ether oxygens (including phenoxy) is 1. The number of methoxy groups -OCH3 is 1. The molecule has 1 N–H and O–H groups in total. The van der Waals surface area contributed by atoms with E-state index in [4.69, 9.17) is 4.74 Å². The Kier molecular flexibility index (Phi) is 6.39.